The average molecular weight is 196 g/mol. The van der Waals surface area contributed by atoms with Crippen molar-refractivity contribution in [3.8, 4) is 0 Å². The van der Waals surface area contributed by atoms with E-state index in [1.165, 1.54) is 13.3 Å². The van der Waals surface area contributed by atoms with E-state index in [9.17, 15) is 4.79 Å². The zero-order valence-electron chi connectivity index (χ0n) is 7.95. The van der Waals surface area contributed by atoms with Crippen LogP contribution in [0.15, 0.2) is 10.6 Å². The Hall–Kier alpha value is -1.36. The first-order valence-corrected chi connectivity index (χ1v) is 4.58. The largest absolute Gasteiger partial charge is 0.463 e. The fraction of sp³-hybridized carbons (Fsp3) is 0.556. The summed E-state index contributed by atoms with van der Waals surface area (Å²) in [7, 11) is 1.32. The number of carbonyl (C=O) groups excluding carboxylic acids is 1. The number of rotatable bonds is 2. The van der Waals surface area contributed by atoms with E-state index in [2.05, 4.69) is 15.0 Å². The van der Waals surface area contributed by atoms with Crippen molar-refractivity contribution in [3.63, 3.8) is 0 Å². The molecule has 0 aromatic carbocycles. The van der Waals surface area contributed by atoms with Crippen molar-refractivity contribution in [2.24, 2.45) is 0 Å². The normalized spacial score (nSPS) is 21.1. The molecule has 76 valence electrons. The van der Waals surface area contributed by atoms with Crippen molar-refractivity contribution in [2.45, 2.75) is 18.9 Å². The minimum Gasteiger partial charge on any atom is -0.463 e. The van der Waals surface area contributed by atoms with Gasteiger partial charge in [-0.3, -0.25) is 0 Å². The zero-order valence-corrected chi connectivity index (χ0v) is 7.95. The third-order valence-corrected chi connectivity index (χ3v) is 2.27. The highest BCUT2D eigenvalue weighted by molar-refractivity contribution is 5.85. The molecule has 0 saturated carbocycles. The molecule has 1 fully saturated rings. The average Bonchev–Trinajstić information content (AvgIpc) is 2.86. The van der Waals surface area contributed by atoms with Gasteiger partial charge in [-0.05, 0) is 19.4 Å². The first-order chi connectivity index (χ1) is 6.81. The van der Waals surface area contributed by atoms with Crippen molar-refractivity contribution < 1.29 is 13.9 Å². The molecule has 1 aliphatic heterocycles. The lowest BCUT2D eigenvalue weighted by atomic mass is 10.2. The maximum absolute atomic E-state index is 11.1. The first kappa shape index (κ1) is 9.21. The van der Waals surface area contributed by atoms with Gasteiger partial charge in [0, 0.05) is 0 Å². The second kappa shape index (κ2) is 3.79. The van der Waals surface area contributed by atoms with Gasteiger partial charge in [-0.2, -0.15) is 0 Å². The Morgan fingerprint density at radius 2 is 2.64 bits per heavy atom. The Balaban J connectivity index is 2.12. The lowest BCUT2D eigenvalue weighted by molar-refractivity contribution is 0.0562. The quantitative estimate of drug-likeness (QED) is 0.711. The predicted octanol–water partition coefficient (Wildman–Crippen LogP) is 0.886. The summed E-state index contributed by atoms with van der Waals surface area (Å²) in [6.07, 6.45) is 3.52. The summed E-state index contributed by atoms with van der Waals surface area (Å²) in [5, 5.41) is 3.23. The van der Waals surface area contributed by atoms with Gasteiger partial charge in [0.25, 0.3) is 0 Å². The highest BCUT2D eigenvalue weighted by Crippen LogP contribution is 2.22. The van der Waals surface area contributed by atoms with Gasteiger partial charge in [-0.25, -0.2) is 9.78 Å². The van der Waals surface area contributed by atoms with Crippen LogP contribution >= 0.6 is 0 Å². The van der Waals surface area contributed by atoms with Crippen molar-refractivity contribution >= 4 is 5.97 Å². The van der Waals surface area contributed by atoms with Crippen molar-refractivity contribution in [3.05, 3.63) is 17.8 Å². The fourth-order valence-corrected chi connectivity index (χ4v) is 1.54. The van der Waals surface area contributed by atoms with Crippen LogP contribution in [0.1, 0.15) is 35.3 Å². The molecular weight excluding hydrogens is 184 g/mol. The Morgan fingerprint density at radius 3 is 3.29 bits per heavy atom. The van der Waals surface area contributed by atoms with Gasteiger partial charge >= 0.3 is 5.97 Å². The molecule has 0 spiro atoms. The van der Waals surface area contributed by atoms with Crippen molar-refractivity contribution in [1.29, 1.82) is 0 Å². The van der Waals surface area contributed by atoms with Crippen LogP contribution in [0.4, 0.5) is 0 Å². The number of aromatic nitrogens is 1. The molecule has 1 atom stereocenters. The summed E-state index contributed by atoms with van der Waals surface area (Å²) < 4.78 is 9.79. The molecule has 0 aliphatic carbocycles. The number of carbonyl (C=O) groups is 1. The monoisotopic (exact) mass is 196 g/mol. The number of hydrogen-bond donors (Lipinski definition) is 1. The number of ether oxygens (including phenoxy) is 1. The number of methoxy groups -OCH3 is 1. The van der Waals surface area contributed by atoms with Gasteiger partial charge in [0.1, 0.15) is 0 Å². The van der Waals surface area contributed by atoms with Crippen LogP contribution < -0.4 is 5.32 Å². The summed E-state index contributed by atoms with van der Waals surface area (Å²) in [4.78, 5) is 15.1. The van der Waals surface area contributed by atoms with E-state index in [1.54, 1.807) is 0 Å². The number of nitrogens with one attached hydrogen (secondary N) is 1. The summed E-state index contributed by atoms with van der Waals surface area (Å²) in [6, 6.07) is 0.147. The molecule has 1 saturated heterocycles. The standard InChI is InChI=1S/C9H12N2O3/c1-13-9(12)7-5-11-8(14-7)6-3-2-4-10-6/h5-6,10H,2-4H2,1H3. The predicted molar refractivity (Wildman–Crippen MR) is 47.8 cm³/mol. The molecule has 14 heavy (non-hydrogen) atoms. The number of hydrogen-bond acceptors (Lipinski definition) is 5. The van der Waals surface area contributed by atoms with E-state index in [-0.39, 0.29) is 11.8 Å². The lowest BCUT2D eigenvalue weighted by Gasteiger charge is -2.03. The molecule has 1 aromatic heterocycles. The number of nitrogens with zero attached hydrogens (tertiary/aromatic N) is 1. The smallest absolute Gasteiger partial charge is 0.375 e. The van der Waals surface area contributed by atoms with Crippen molar-refractivity contribution in [1.82, 2.24) is 10.3 Å². The minimum atomic E-state index is -0.484. The molecule has 0 bridgehead atoms. The van der Waals surface area contributed by atoms with E-state index in [1.807, 2.05) is 0 Å². The molecule has 1 N–H and O–H groups in total. The molecule has 0 radical (unpaired) electrons. The maximum atomic E-state index is 11.1. The van der Waals surface area contributed by atoms with Gasteiger partial charge in [0.05, 0.1) is 19.3 Å². The number of esters is 1. The highest BCUT2D eigenvalue weighted by atomic mass is 16.5. The van der Waals surface area contributed by atoms with Crippen LogP contribution in [0.25, 0.3) is 0 Å². The molecular formula is C9H12N2O3. The Morgan fingerprint density at radius 1 is 1.79 bits per heavy atom. The summed E-state index contributed by atoms with van der Waals surface area (Å²) in [5.74, 6) is 0.251. The number of oxazole rings is 1. The fourth-order valence-electron chi connectivity index (χ4n) is 1.54. The van der Waals surface area contributed by atoms with Gasteiger partial charge in [0.2, 0.25) is 11.7 Å². The second-order valence-corrected chi connectivity index (χ2v) is 3.20. The van der Waals surface area contributed by atoms with E-state index < -0.39 is 5.97 Å². The van der Waals surface area contributed by atoms with Crippen LogP contribution in [0.5, 0.6) is 0 Å². The Bertz CT molecular complexity index is 329. The molecule has 1 aliphatic rings. The van der Waals surface area contributed by atoms with Gasteiger partial charge in [-0.15, -0.1) is 0 Å². The van der Waals surface area contributed by atoms with Gasteiger partial charge < -0.3 is 14.5 Å². The topological polar surface area (TPSA) is 64.4 Å². The molecule has 2 heterocycles. The molecule has 5 heteroatoms. The molecule has 0 amide bonds. The third-order valence-electron chi connectivity index (χ3n) is 2.27. The molecule has 1 unspecified atom stereocenters. The van der Waals surface area contributed by atoms with Gasteiger partial charge in [0.15, 0.2) is 0 Å². The Kier molecular flexibility index (Phi) is 2.49. The van der Waals surface area contributed by atoms with Crippen LogP contribution in [0.2, 0.25) is 0 Å². The van der Waals surface area contributed by atoms with Crippen LogP contribution in [0, 0.1) is 0 Å². The van der Waals surface area contributed by atoms with E-state index >= 15 is 0 Å². The van der Waals surface area contributed by atoms with Crippen LogP contribution in [0.3, 0.4) is 0 Å². The molecule has 1 aromatic rings. The van der Waals surface area contributed by atoms with E-state index in [0.717, 1.165) is 19.4 Å². The lowest BCUT2D eigenvalue weighted by Crippen LogP contribution is -2.12. The molecule has 2 rings (SSSR count). The summed E-state index contributed by atoms with van der Waals surface area (Å²) >= 11 is 0. The van der Waals surface area contributed by atoms with Gasteiger partial charge in [-0.1, -0.05) is 0 Å². The summed E-state index contributed by atoms with van der Waals surface area (Å²) in [6.45, 7) is 0.973. The SMILES string of the molecule is COC(=O)c1cnc(C2CCCN2)o1. The summed E-state index contributed by atoms with van der Waals surface area (Å²) in [5.41, 5.74) is 0. The second-order valence-electron chi connectivity index (χ2n) is 3.20. The third kappa shape index (κ3) is 1.63. The van der Waals surface area contributed by atoms with E-state index in [0.29, 0.717) is 5.89 Å². The maximum Gasteiger partial charge on any atom is 0.375 e. The van der Waals surface area contributed by atoms with Crippen molar-refractivity contribution in [2.75, 3.05) is 13.7 Å². The zero-order chi connectivity index (χ0) is 9.97. The highest BCUT2D eigenvalue weighted by Gasteiger charge is 2.22. The minimum absolute atomic E-state index is 0.147. The van der Waals surface area contributed by atoms with E-state index in [4.69, 9.17) is 4.42 Å². The molecule has 5 nitrogen and oxygen atoms in total. The first-order valence-electron chi connectivity index (χ1n) is 4.58. The van der Waals surface area contributed by atoms with Crippen LogP contribution in [-0.2, 0) is 4.74 Å². The van der Waals surface area contributed by atoms with Crippen LogP contribution in [-0.4, -0.2) is 24.6 Å². The Labute approximate surface area is 81.5 Å².